The molecule has 0 spiro atoms. The topological polar surface area (TPSA) is 38.0 Å². The summed E-state index contributed by atoms with van der Waals surface area (Å²) in [4.78, 5) is 0. The Kier molecular flexibility index (Phi) is 5.16. The van der Waals surface area contributed by atoms with E-state index in [4.69, 9.17) is 5.84 Å². The lowest BCUT2D eigenvalue weighted by molar-refractivity contribution is -0.135. The van der Waals surface area contributed by atoms with Gasteiger partial charge in [0.25, 0.3) is 0 Å². The summed E-state index contributed by atoms with van der Waals surface area (Å²) in [5.74, 6) is 5.41. The van der Waals surface area contributed by atoms with Crippen LogP contribution in [0.5, 0.6) is 0 Å². The fraction of sp³-hybridized carbons (Fsp3) is 0.538. The zero-order valence-electron chi connectivity index (χ0n) is 10.6. The summed E-state index contributed by atoms with van der Waals surface area (Å²) < 4.78 is 36.2. The van der Waals surface area contributed by atoms with Crippen LogP contribution in [0.2, 0.25) is 0 Å². The standard InChI is InChI=1S/C13H19F3N2/c1-9-5-6-11(8-10(9)2)12(18-17)4-3-7-13(14,15)16/h5-6,8,12,18H,3-4,7,17H2,1-2H3. The van der Waals surface area contributed by atoms with Crippen molar-refractivity contribution in [2.24, 2.45) is 5.84 Å². The Labute approximate surface area is 105 Å². The van der Waals surface area contributed by atoms with Gasteiger partial charge in [-0.1, -0.05) is 18.2 Å². The van der Waals surface area contributed by atoms with Crippen LogP contribution in [-0.4, -0.2) is 6.18 Å². The van der Waals surface area contributed by atoms with Crippen LogP contribution in [0.1, 0.15) is 42.0 Å². The fourth-order valence-corrected chi connectivity index (χ4v) is 1.83. The Morgan fingerprint density at radius 2 is 1.89 bits per heavy atom. The van der Waals surface area contributed by atoms with Gasteiger partial charge in [-0.3, -0.25) is 11.3 Å². The first-order valence-electron chi connectivity index (χ1n) is 5.93. The number of nitrogens with one attached hydrogen (secondary N) is 1. The lowest BCUT2D eigenvalue weighted by Crippen LogP contribution is -2.28. The summed E-state index contributed by atoms with van der Waals surface area (Å²) in [7, 11) is 0. The Bertz CT molecular complexity index is 388. The number of hydrogen-bond donors (Lipinski definition) is 2. The number of hydrogen-bond acceptors (Lipinski definition) is 2. The highest BCUT2D eigenvalue weighted by atomic mass is 19.4. The molecular weight excluding hydrogens is 241 g/mol. The van der Waals surface area contributed by atoms with E-state index in [0.717, 1.165) is 16.7 Å². The molecule has 0 fully saturated rings. The van der Waals surface area contributed by atoms with Crippen molar-refractivity contribution in [1.29, 1.82) is 0 Å². The minimum absolute atomic E-state index is 0.0747. The first-order valence-corrected chi connectivity index (χ1v) is 5.93. The van der Waals surface area contributed by atoms with Crippen molar-refractivity contribution in [2.75, 3.05) is 0 Å². The van der Waals surface area contributed by atoms with Crippen LogP contribution in [0.4, 0.5) is 13.2 Å². The molecular formula is C13H19F3N2. The Morgan fingerprint density at radius 1 is 1.22 bits per heavy atom. The summed E-state index contributed by atoms with van der Waals surface area (Å²) in [5.41, 5.74) is 5.79. The second kappa shape index (κ2) is 6.20. The number of alkyl halides is 3. The smallest absolute Gasteiger partial charge is 0.271 e. The van der Waals surface area contributed by atoms with E-state index < -0.39 is 12.6 Å². The third-order valence-corrected chi connectivity index (χ3v) is 3.09. The van der Waals surface area contributed by atoms with Crippen LogP contribution in [0.25, 0.3) is 0 Å². The lowest BCUT2D eigenvalue weighted by atomic mass is 9.98. The zero-order chi connectivity index (χ0) is 13.8. The maximum atomic E-state index is 12.1. The van der Waals surface area contributed by atoms with E-state index in [9.17, 15) is 13.2 Å². The normalized spacial score (nSPS) is 13.7. The number of hydrazine groups is 1. The second-order valence-corrected chi connectivity index (χ2v) is 4.57. The van der Waals surface area contributed by atoms with Gasteiger partial charge in [0, 0.05) is 12.5 Å². The van der Waals surface area contributed by atoms with Crippen molar-refractivity contribution in [1.82, 2.24) is 5.43 Å². The molecule has 102 valence electrons. The molecule has 0 aromatic heterocycles. The zero-order valence-corrected chi connectivity index (χ0v) is 10.6. The average molecular weight is 260 g/mol. The highest BCUT2D eigenvalue weighted by Crippen LogP contribution is 2.26. The maximum absolute atomic E-state index is 12.1. The van der Waals surface area contributed by atoms with E-state index >= 15 is 0 Å². The van der Waals surface area contributed by atoms with Crippen molar-refractivity contribution in [3.8, 4) is 0 Å². The number of nitrogens with two attached hydrogens (primary N) is 1. The minimum atomic E-state index is -4.09. The van der Waals surface area contributed by atoms with E-state index in [1.165, 1.54) is 0 Å². The Morgan fingerprint density at radius 3 is 2.39 bits per heavy atom. The van der Waals surface area contributed by atoms with Crippen LogP contribution in [-0.2, 0) is 0 Å². The monoisotopic (exact) mass is 260 g/mol. The summed E-state index contributed by atoms with van der Waals surface area (Å²) in [6, 6.07) is 5.60. The lowest BCUT2D eigenvalue weighted by Gasteiger charge is -2.18. The summed E-state index contributed by atoms with van der Waals surface area (Å²) in [6.07, 6.45) is -4.41. The molecule has 0 amide bonds. The van der Waals surface area contributed by atoms with Crippen LogP contribution in [0.15, 0.2) is 18.2 Å². The molecule has 1 aromatic carbocycles. The van der Waals surface area contributed by atoms with Crippen molar-refractivity contribution in [3.63, 3.8) is 0 Å². The molecule has 1 atom stereocenters. The molecule has 0 bridgehead atoms. The van der Waals surface area contributed by atoms with E-state index in [-0.39, 0.29) is 12.5 Å². The van der Waals surface area contributed by atoms with Gasteiger partial charge in [-0.05, 0) is 43.4 Å². The quantitative estimate of drug-likeness (QED) is 0.627. The molecule has 5 heteroatoms. The minimum Gasteiger partial charge on any atom is -0.271 e. The number of benzene rings is 1. The molecule has 2 nitrogen and oxygen atoms in total. The number of rotatable bonds is 5. The Balaban J connectivity index is 2.63. The van der Waals surface area contributed by atoms with Gasteiger partial charge in [0.2, 0.25) is 0 Å². The van der Waals surface area contributed by atoms with Gasteiger partial charge in [-0.15, -0.1) is 0 Å². The highest BCUT2D eigenvalue weighted by Gasteiger charge is 2.26. The molecule has 3 N–H and O–H groups in total. The molecule has 0 saturated heterocycles. The van der Waals surface area contributed by atoms with Gasteiger partial charge in [-0.2, -0.15) is 13.2 Å². The second-order valence-electron chi connectivity index (χ2n) is 4.57. The van der Waals surface area contributed by atoms with E-state index in [0.29, 0.717) is 6.42 Å². The van der Waals surface area contributed by atoms with E-state index in [2.05, 4.69) is 5.43 Å². The maximum Gasteiger partial charge on any atom is 0.389 e. The first kappa shape index (κ1) is 15.0. The van der Waals surface area contributed by atoms with Crippen LogP contribution >= 0.6 is 0 Å². The molecule has 1 rings (SSSR count). The van der Waals surface area contributed by atoms with Gasteiger partial charge in [0.1, 0.15) is 0 Å². The number of aryl methyl sites for hydroxylation is 2. The van der Waals surface area contributed by atoms with E-state index in [1.807, 2.05) is 32.0 Å². The van der Waals surface area contributed by atoms with E-state index in [1.54, 1.807) is 0 Å². The van der Waals surface area contributed by atoms with Gasteiger partial charge < -0.3 is 0 Å². The molecule has 0 heterocycles. The predicted molar refractivity (Wildman–Crippen MR) is 65.9 cm³/mol. The van der Waals surface area contributed by atoms with Crippen molar-refractivity contribution >= 4 is 0 Å². The number of halogens is 3. The molecule has 0 aliphatic rings. The molecule has 0 aliphatic carbocycles. The summed E-state index contributed by atoms with van der Waals surface area (Å²) >= 11 is 0. The van der Waals surface area contributed by atoms with Crippen molar-refractivity contribution < 1.29 is 13.2 Å². The van der Waals surface area contributed by atoms with Crippen LogP contribution in [0.3, 0.4) is 0 Å². The molecule has 1 unspecified atom stereocenters. The highest BCUT2D eigenvalue weighted by molar-refractivity contribution is 5.31. The van der Waals surface area contributed by atoms with Gasteiger partial charge in [-0.25, -0.2) is 0 Å². The van der Waals surface area contributed by atoms with Gasteiger partial charge >= 0.3 is 6.18 Å². The SMILES string of the molecule is Cc1ccc(C(CCCC(F)(F)F)NN)cc1C. The third-order valence-electron chi connectivity index (χ3n) is 3.09. The van der Waals surface area contributed by atoms with Crippen LogP contribution < -0.4 is 11.3 Å². The Hall–Kier alpha value is -1.07. The fourth-order valence-electron chi connectivity index (χ4n) is 1.83. The average Bonchev–Trinajstić information content (AvgIpc) is 2.27. The van der Waals surface area contributed by atoms with Gasteiger partial charge in [0.05, 0.1) is 0 Å². The molecule has 0 radical (unpaired) electrons. The van der Waals surface area contributed by atoms with Gasteiger partial charge in [0.15, 0.2) is 0 Å². The van der Waals surface area contributed by atoms with Crippen molar-refractivity contribution in [2.45, 2.75) is 45.3 Å². The largest absolute Gasteiger partial charge is 0.389 e. The third kappa shape index (κ3) is 4.66. The van der Waals surface area contributed by atoms with Crippen molar-refractivity contribution in [3.05, 3.63) is 34.9 Å². The van der Waals surface area contributed by atoms with Crippen LogP contribution in [0, 0.1) is 13.8 Å². The first-order chi connectivity index (χ1) is 8.33. The predicted octanol–water partition coefficient (Wildman–Crippen LogP) is 3.54. The summed E-state index contributed by atoms with van der Waals surface area (Å²) in [5, 5.41) is 0. The molecule has 0 aliphatic heterocycles. The summed E-state index contributed by atoms with van der Waals surface area (Å²) in [6.45, 7) is 3.97. The molecule has 0 saturated carbocycles. The molecule has 1 aromatic rings. The molecule has 18 heavy (non-hydrogen) atoms.